The SMILES string of the molecule is CC(=O)Cn1nnc(-c2nnc(N3CCNCC3)s2)n1.Cl. The zero-order chi connectivity index (χ0) is 13.9. The molecule has 0 atom stereocenters. The van der Waals surface area contributed by atoms with Gasteiger partial charge in [-0.3, -0.25) is 4.79 Å². The van der Waals surface area contributed by atoms with E-state index in [0.717, 1.165) is 31.3 Å². The molecule has 1 aliphatic heterocycles. The summed E-state index contributed by atoms with van der Waals surface area (Å²) in [5, 5.41) is 24.9. The molecule has 0 bridgehead atoms. The van der Waals surface area contributed by atoms with E-state index in [0.29, 0.717) is 10.8 Å². The average Bonchev–Trinajstić information content (AvgIpc) is 3.07. The summed E-state index contributed by atoms with van der Waals surface area (Å²) in [7, 11) is 0. The summed E-state index contributed by atoms with van der Waals surface area (Å²) in [6.45, 7) is 5.33. The maximum atomic E-state index is 11.0. The summed E-state index contributed by atoms with van der Waals surface area (Å²) in [6, 6.07) is 0. The Labute approximate surface area is 131 Å². The molecule has 0 aliphatic carbocycles. The van der Waals surface area contributed by atoms with Gasteiger partial charge in [0.1, 0.15) is 6.54 Å². The lowest BCUT2D eigenvalue weighted by Crippen LogP contribution is -2.43. The summed E-state index contributed by atoms with van der Waals surface area (Å²) in [4.78, 5) is 14.4. The zero-order valence-electron chi connectivity index (χ0n) is 11.4. The van der Waals surface area contributed by atoms with Crippen molar-refractivity contribution in [3.05, 3.63) is 0 Å². The third-order valence-electron chi connectivity index (χ3n) is 2.81. The molecule has 114 valence electrons. The highest BCUT2D eigenvalue weighted by atomic mass is 35.5. The van der Waals surface area contributed by atoms with Gasteiger partial charge in [0, 0.05) is 26.2 Å². The zero-order valence-corrected chi connectivity index (χ0v) is 13.0. The number of ketones is 1. The molecule has 0 spiro atoms. The Bertz CT molecular complexity index is 608. The van der Waals surface area contributed by atoms with Gasteiger partial charge in [0.15, 0.2) is 10.8 Å². The number of carbonyl (C=O) groups is 1. The Kier molecular flexibility index (Phi) is 5.15. The number of halogens is 1. The number of tetrazole rings is 1. The van der Waals surface area contributed by atoms with Crippen LogP contribution in [-0.4, -0.2) is 62.4 Å². The first-order chi connectivity index (χ1) is 9.72. The van der Waals surface area contributed by atoms with Crippen molar-refractivity contribution in [2.24, 2.45) is 0 Å². The molecule has 0 aromatic carbocycles. The molecule has 0 unspecified atom stereocenters. The molecule has 0 amide bonds. The van der Waals surface area contributed by atoms with Crippen molar-refractivity contribution in [2.75, 3.05) is 31.1 Å². The number of rotatable bonds is 4. The van der Waals surface area contributed by atoms with Crippen LogP contribution in [0.25, 0.3) is 10.8 Å². The predicted molar refractivity (Wildman–Crippen MR) is 79.7 cm³/mol. The minimum atomic E-state index is -0.0206. The van der Waals surface area contributed by atoms with Crippen molar-refractivity contribution >= 4 is 34.7 Å². The van der Waals surface area contributed by atoms with Crippen LogP contribution in [0.3, 0.4) is 0 Å². The second kappa shape index (κ2) is 6.87. The van der Waals surface area contributed by atoms with Gasteiger partial charge in [0.05, 0.1) is 0 Å². The first-order valence-electron chi connectivity index (χ1n) is 6.29. The smallest absolute Gasteiger partial charge is 0.235 e. The molecule has 0 saturated carbocycles. The molecule has 1 aliphatic rings. The van der Waals surface area contributed by atoms with Crippen molar-refractivity contribution in [3.63, 3.8) is 0 Å². The molecule has 11 heteroatoms. The third kappa shape index (κ3) is 3.71. The molecular formula is C10H15ClN8OS. The Morgan fingerprint density at radius 3 is 2.76 bits per heavy atom. The summed E-state index contributed by atoms with van der Waals surface area (Å²) in [5.41, 5.74) is 0. The standard InChI is InChI=1S/C10H14N8OS.ClH/c1-7(19)6-18-15-8(12-16-18)9-13-14-10(20-9)17-4-2-11-3-5-17;/h11H,2-6H2,1H3;1H. The fourth-order valence-electron chi connectivity index (χ4n) is 1.88. The van der Waals surface area contributed by atoms with Crippen LogP contribution in [0.2, 0.25) is 0 Å². The predicted octanol–water partition coefficient (Wildman–Crippen LogP) is -0.388. The van der Waals surface area contributed by atoms with Gasteiger partial charge < -0.3 is 10.2 Å². The summed E-state index contributed by atoms with van der Waals surface area (Å²) >= 11 is 1.44. The summed E-state index contributed by atoms with van der Waals surface area (Å²) in [5.74, 6) is 0.387. The number of aromatic nitrogens is 6. The molecule has 9 nitrogen and oxygen atoms in total. The van der Waals surface area contributed by atoms with Crippen molar-refractivity contribution in [1.29, 1.82) is 0 Å². The molecule has 2 aromatic heterocycles. The molecule has 3 heterocycles. The number of hydrogen-bond donors (Lipinski definition) is 1. The van der Waals surface area contributed by atoms with Crippen molar-refractivity contribution in [3.8, 4) is 10.8 Å². The third-order valence-corrected chi connectivity index (χ3v) is 3.79. The molecule has 1 N–H and O–H groups in total. The minimum absolute atomic E-state index is 0. The topological polar surface area (TPSA) is 102 Å². The average molecular weight is 331 g/mol. The number of nitrogens with one attached hydrogen (secondary N) is 1. The van der Waals surface area contributed by atoms with E-state index in [9.17, 15) is 4.79 Å². The lowest BCUT2D eigenvalue weighted by molar-refractivity contribution is -0.117. The quantitative estimate of drug-likeness (QED) is 0.809. The van der Waals surface area contributed by atoms with E-state index in [1.165, 1.54) is 23.1 Å². The van der Waals surface area contributed by atoms with Crippen LogP contribution >= 0.6 is 23.7 Å². The number of anilines is 1. The maximum Gasteiger partial charge on any atom is 0.235 e. The van der Waals surface area contributed by atoms with Gasteiger partial charge in [-0.05, 0) is 12.1 Å². The van der Waals surface area contributed by atoms with E-state index >= 15 is 0 Å². The minimum Gasteiger partial charge on any atom is -0.344 e. The van der Waals surface area contributed by atoms with Gasteiger partial charge in [-0.2, -0.15) is 4.80 Å². The number of Topliss-reactive ketones (excluding diaryl/α,β-unsaturated/α-hetero) is 1. The van der Waals surface area contributed by atoms with Crippen molar-refractivity contribution < 1.29 is 4.79 Å². The maximum absolute atomic E-state index is 11.0. The van der Waals surface area contributed by atoms with Crippen LogP contribution in [0.4, 0.5) is 5.13 Å². The molecular weight excluding hydrogens is 316 g/mol. The molecule has 2 aromatic rings. The van der Waals surface area contributed by atoms with Gasteiger partial charge in [0.2, 0.25) is 11.0 Å². The molecule has 1 fully saturated rings. The molecule has 3 rings (SSSR count). The fraction of sp³-hybridized carbons (Fsp3) is 0.600. The second-order valence-electron chi connectivity index (χ2n) is 4.47. The lowest BCUT2D eigenvalue weighted by Gasteiger charge is -2.26. The van der Waals surface area contributed by atoms with Crippen LogP contribution in [0.15, 0.2) is 0 Å². The first-order valence-corrected chi connectivity index (χ1v) is 7.11. The van der Waals surface area contributed by atoms with Gasteiger partial charge in [-0.25, -0.2) is 0 Å². The molecule has 0 radical (unpaired) electrons. The van der Waals surface area contributed by atoms with Crippen molar-refractivity contribution in [2.45, 2.75) is 13.5 Å². The normalized spacial score (nSPS) is 14.8. The Hall–Kier alpha value is -1.65. The van der Waals surface area contributed by atoms with Gasteiger partial charge in [0.25, 0.3) is 0 Å². The van der Waals surface area contributed by atoms with Gasteiger partial charge in [-0.1, -0.05) is 11.3 Å². The highest BCUT2D eigenvalue weighted by Crippen LogP contribution is 2.26. The van der Waals surface area contributed by atoms with Gasteiger partial charge in [-0.15, -0.1) is 32.8 Å². The second-order valence-corrected chi connectivity index (χ2v) is 5.43. The Balaban J connectivity index is 0.00000161. The first kappa shape index (κ1) is 15.7. The largest absolute Gasteiger partial charge is 0.344 e. The van der Waals surface area contributed by atoms with Crippen LogP contribution in [0.5, 0.6) is 0 Å². The van der Waals surface area contributed by atoms with Crippen LogP contribution in [0.1, 0.15) is 6.92 Å². The fourth-order valence-corrected chi connectivity index (χ4v) is 2.71. The Morgan fingerprint density at radius 1 is 1.29 bits per heavy atom. The van der Waals surface area contributed by atoms with E-state index in [2.05, 4.69) is 35.8 Å². The van der Waals surface area contributed by atoms with E-state index in [1.807, 2.05) is 0 Å². The van der Waals surface area contributed by atoms with Gasteiger partial charge >= 0.3 is 0 Å². The number of hydrogen-bond acceptors (Lipinski definition) is 9. The monoisotopic (exact) mass is 330 g/mol. The van der Waals surface area contributed by atoms with E-state index in [1.54, 1.807) is 0 Å². The number of nitrogens with zero attached hydrogens (tertiary/aromatic N) is 7. The number of carbonyl (C=O) groups excluding carboxylic acids is 1. The van der Waals surface area contributed by atoms with E-state index < -0.39 is 0 Å². The summed E-state index contributed by atoms with van der Waals surface area (Å²) < 4.78 is 0. The Morgan fingerprint density at radius 2 is 2.05 bits per heavy atom. The van der Waals surface area contributed by atoms with E-state index in [4.69, 9.17) is 0 Å². The van der Waals surface area contributed by atoms with Crippen LogP contribution in [-0.2, 0) is 11.3 Å². The van der Waals surface area contributed by atoms with Crippen molar-refractivity contribution in [1.82, 2.24) is 35.7 Å². The highest BCUT2D eigenvalue weighted by Gasteiger charge is 2.18. The van der Waals surface area contributed by atoms with E-state index in [-0.39, 0.29) is 24.7 Å². The number of piperazine rings is 1. The van der Waals surface area contributed by atoms with Crippen LogP contribution < -0.4 is 10.2 Å². The highest BCUT2D eigenvalue weighted by molar-refractivity contribution is 7.18. The molecule has 1 saturated heterocycles. The molecule has 21 heavy (non-hydrogen) atoms. The summed E-state index contributed by atoms with van der Waals surface area (Å²) in [6.07, 6.45) is 0. The van der Waals surface area contributed by atoms with Crippen LogP contribution in [0, 0.1) is 0 Å². The lowest BCUT2D eigenvalue weighted by atomic mass is 10.4.